The minimum Gasteiger partial charge on any atom is -0.336 e. The smallest absolute Gasteiger partial charge is 0.254 e. The number of amides is 1. The van der Waals surface area contributed by atoms with Crippen molar-refractivity contribution in [2.45, 2.75) is 70.3 Å². The van der Waals surface area contributed by atoms with Crippen molar-refractivity contribution in [1.29, 1.82) is 0 Å². The van der Waals surface area contributed by atoms with Gasteiger partial charge in [-0.1, -0.05) is 38.3 Å². The van der Waals surface area contributed by atoms with E-state index in [4.69, 9.17) is 0 Å². The van der Waals surface area contributed by atoms with E-state index < -0.39 is 0 Å². The summed E-state index contributed by atoms with van der Waals surface area (Å²) in [6.07, 6.45) is 9.88. The van der Waals surface area contributed by atoms with E-state index in [2.05, 4.69) is 41.4 Å². The van der Waals surface area contributed by atoms with Gasteiger partial charge in [-0.2, -0.15) is 0 Å². The Bertz CT molecular complexity index is 519. The lowest BCUT2D eigenvalue weighted by atomic mass is 9.84. The fraction of sp³-hybridized carbons (Fsp3) is 0.667. The first kappa shape index (κ1) is 20.3. The minimum absolute atomic E-state index is 0. The zero-order valence-corrected chi connectivity index (χ0v) is 16.3. The van der Waals surface area contributed by atoms with Crippen molar-refractivity contribution in [1.82, 2.24) is 10.2 Å². The van der Waals surface area contributed by atoms with Crippen LogP contribution in [0.5, 0.6) is 0 Å². The Kier molecular flexibility index (Phi) is 8.25. The Morgan fingerprint density at radius 1 is 1.04 bits per heavy atom. The summed E-state index contributed by atoms with van der Waals surface area (Å²) in [5.41, 5.74) is 2.29. The minimum atomic E-state index is 0. The molecule has 0 spiro atoms. The van der Waals surface area contributed by atoms with E-state index in [1.165, 1.54) is 37.7 Å². The van der Waals surface area contributed by atoms with Gasteiger partial charge in [0.15, 0.2) is 0 Å². The van der Waals surface area contributed by atoms with E-state index in [9.17, 15) is 4.79 Å². The Morgan fingerprint density at radius 3 is 2.28 bits per heavy atom. The molecule has 0 unspecified atom stereocenters. The second-order valence-electron chi connectivity index (χ2n) is 7.44. The summed E-state index contributed by atoms with van der Waals surface area (Å²) in [4.78, 5) is 15.1. The molecule has 3 nitrogen and oxygen atoms in total. The molecule has 1 saturated carbocycles. The predicted molar refractivity (Wildman–Crippen MR) is 107 cm³/mol. The molecule has 0 aromatic heterocycles. The van der Waals surface area contributed by atoms with Crippen LogP contribution >= 0.6 is 12.4 Å². The maximum Gasteiger partial charge on any atom is 0.254 e. The second kappa shape index (κ2) is 10.2. The molecule has 2 fully saturated rings. The summed E-state index contributed by atoms with van der Waals surface area (Å²) >= 11 is 0. The summed E-state index contributed by atoms with van der Waals surface area (Å²) in [7, 11) is 0. The van der Waals surface area contributed by atoms with Gasteiger partial charge in [-0.25, -0.2) is 0 Å². The Hall–Kier alpha value is -1.06. The van der Waals surface area contributed by atoms with Gasteiger partial charge in [0.2, 0.25) is 0 Å². The maximum atomic E-state index is 13.0. The molecule has 0 radical (unpaired) electrons. The van der Waals surface area contributed by atoms with Gasteiger partial charge < -0.3 is 10.2 Å². The van der Waals surface area contributed by atoms with Crippen molar-refractivity contribution in [3.05, 3.63) is 35.4 Å². The third-order valence-electron chi connectivity index (χ3n) is 5.71. The Balaban J connectivity index is 0.00000225. The molecule has 1 heterocycles. The molecule has 2 aliphatic rings. The highest BCUT2D eigenvalue weighted by molar-refractivity contribution is 5.94. The van der Waals surface area contributed by atoms with Gasteiger partial charge in [0.25, 0.3) is 5.91 Å². The van der Waals surface area contributed by atoms with E-state index in [0.29, 0.717) is 12.0 Å². The number of nitrogens with one attached hydrogen (secondary N) is 1. The van der Waals surface area contributed by atoms with Gasteiger partial charge in [0.05, 0.1) is 0 Å². The zero-order valence-electron chi connectivity index (χ0n) is 15.5. The molecule has 1 aromatic rings. The van der Waals surface area contributed by atoms with Crippen molar-refractivity contribution in [2.75, 3.05) is 19.6 Å². The number of carbonyl (C=O) groups is 1. The number of carbonyl (C=O) groups excluding carboxylic acids is 1. The molecule has 0 bridgehead atoms. The number of hydrogen-bond acceptors (Lipinski definition) is 2. The molecule has 1 aromatic carbocycles. The highest BCUT2D eigenvalue weighted by atomic mass is 35.5. The number of piperidine rings is 1. The second-order valence-corrected chi connectivity index (χ2v) is 7.44. The van der Waals surface area contributed by atoms with Gasteiger partial charge in [-0.15, -0.1) is 12.4 Å². The van der Waals surface area contributed by atoms with Crippen LogP contribution in [0.4, 0.5) is 0 Å². The van der Waals surface area contributed by atoms with Crippen molar-refractivity contribution >= 4 is 18.3 Å². The molecule has 140 valence electrons. The lowest BCUT2D eigenvalue weighted by molar-refractivity contribution is 0.0642. The molecule has 3 rings (SSSR count). The number of rotatable bonds is 5. The van der Waals surface area contributed by atoms with Crippen LogP contribution in [0, 0.1) is 0 Å². The van der Waals surface area contributed by atoms with E-state index >= 15 is 0 Å². The van der Waals surface area contributed by atoms with Crippen LogP contribution in [0.25, 0.3) is 0 Å². The summed E-state index contributed by atoms with van der Waals surface area (Å²) < 4.78 is 0. The first-order chi connectivity index (χ1) is 11.8. The molecule has 1 aliphatic heterocycles. The van der Waals surface area contributed by atoms with Gasteiger partial charge in [0.1, 0.15) is 0 Å². The number of hydrogen-bond donors (Lipinski definition) is 1. The van der Waals surface area contributed by atoms with E-state index in [0.717, 1.165) is 44.5 Å². The molecular formula is C21H33ClN2O. The van der Waals surface area contributed by atoms with Crippen LogP contribution in [-0.4, -0.2) is 36.5 Å². The summed E-state index contributed by atoms with van der Waals surface area (Å²) in [6, 6.07) is 8.94. The van der Waals surface area contributed by atoms with Crippen molar-refractivity contribution in [3.8, 4) is 0 Å². The fourth-order valence-electron chi connectivity index (χ4n) is 4.31. The first-order valence-electron chi connectivity index (χ1n) is 9.91. The highest BCUT2D eigenvalue weighted by Gasteiger charge is 2.25. The Labute approximate surface area is 159 Å². The zero-order chi connectivity index (χ0) is 16.8. The molecule has 1 saturated heterocycles. The van der Waals surface area contributed by atoms with E-state index in [1.54, 1.807) is 0 Å². The molecule has 4 heteroatoms. The van der Waals surface area contributed by atoms with Gasteiger partial charge in [-0.05, 0) is 68.8 Å². The van der Waals surface area contributed by atoms with Gasteiger partial charge in [0, 0.05) is 18.2 Å². The van der Waals surface area contributed by atoms with Crippen LogP contribution in [0.15, 0.2) is 24.3 Å². The number of benzene rings is 1. The molecule has 25 heavy (non-hydrogen) atoms. The fourth-order valence-corrected chi connectivity index (χ4v) is 4.31. The van der Waals surface area contributed by atoms with Crippen molar-refractivity contribution < 1.29 is 4.79 Å². The molecule has 0 atom stereocenters. The monoisotopic (exact) mass is 364 g/mol. The van der Waals surface area contributed by atoms with Crippen LogP contribution in [0.3, 0.4) is 0 Å². The standard InChI is InChI=1S/C21H32N2O.ClH/c1-2-16-23(20-12-14-22-15-13-20)21(24)19-10-8-18(9-11-19)17-6-4-3-5-7-17;/h8-11,17,20,22H,2-7,12-16H2,1H3;1H. The highest BCUT2D eigenvalue weighted by Crippen LogP contribution is 2.32. The molecule has 1 N–H and O–H groups in total. The molecule has 1 aliphatic carbocycles. The largest absolute Gasteiger partial charge is 0.336 e. The lowest BCUT2D eigenvalue weighted by Gasteiger charge is -2.34. The summed E-state index contributed by atoms with van der Waals surface area (Å²) in [5.74, 6) is 0.929. The topological polar surface area (TPSA) is 32.3 Å². The average molecular weight is 365 g/mol. The third-order valence-corrected chi connectivity index (χ3v) is 5.71. The van der Waals surface area contributed by atoms with Crippen LogP contribution in [0.1, 0.15) is 80.1 Å². The normalized spacial score (nSPS) is 19.2. The molecule has 1 amide bonds. The quantitative estimate of drug-likeness (QED) is 0.816. The van der Waals surface area contributed by atoms with Crippen LogP contribution in [0.2, 0.25) is 0 Å². The predicted octanol–water partition coefficient (Wildman–Crippen LogP) is 4.76. The Morgan fingerprint density at radius 2 is 1.68 bits per heavy atom. The summed E-state index contributed by atoms with van der Waals surface area (Å²) in [5, 5.41) is 3.40. The van der Waals surface area contributed by atoms with Crippen LogP contribution in [-0.2, 0) is 0 Å². The lowest BCUT2D eigenvalue weighted by Crippen LogP contribution is -2.46. The first-order valence-corrected chi connectivity index (χ1v) is 9.91. The molecular weight excluding hydrogens is 332 g/mol. The van der Waals surface area contributed by atoms with Crippen LogP contribution < -0.4 is 5.32 Å². The van der Waals surface area contributed by atoms with E-state index in [1.807, 2.05) is 0 Å². The van der Waals surface area contributed by atoms with Crippen molar-refractivity contribution in [2.24, 2.45) is 0 Å². The maximum absolute atomic E-state index is 13.0. The third kappa shape index (κ3) is 5.21. The van der Waals surface area contributed by atoms with Crippen molar-refractivity contribution in [3.63, 3.8) is 0 Å². The van der Waals surface area contributed by atoms with Gasteiger partial charge in [-0.3, -0.25) is 4.79 Å². The average Bonchev–Trinajstić information content (AvgIpc) is 2.67. The van der Waals surface area contributed by atoms with Gasteiger partial charge >= 0.3 is 0 Å². The summed E-state index contributed by atoms with van der Waals surface area (Å²) in [6.45, 7) is 5.08. The number of halogens is 1. The van der Waals surface area contributed by atoms with E-state index in [-0.39, 0.29) is 18.3 Å². The number of nitrogens with zero attached hydrogens (tertiary/aromatic N) is 1. The SMILES string of the molecule is CCCN(C(=O)c1ccc(C2CCCCC2)cc1)C1CCNCC1.Cl.